The number of alkyl halides is 6. The van der Waals surface area contributed by atoms with Crippen LogP contribution in [0.4, 0.5) is 32.2 Å². The van der Waals surface area contributed by atoms with Gasteiger partial charge < -0.3 is 19.3 Å². The molecule has 2 aliphatic heterocycles. The van der Waals surface area contributed by atoms with E-state index in [9.17, 15) is 26.3 Å². The van der Waals surface area contributed by atoms with Crippen molar-refractivity contribution in [1.82, 2.24) is 15.1 Å². The average Bonchev–Trinajstić information content (AvgIpc) is 3.19. The van der Waals surface area contributed by atoms with Crippen molar-refractivity contribution in [3.05, 3.63) is 34.9 Å². The second-order valence-corrected chi connectivity index (χ2v) is 8.48. The standard InChI is InChI=1S/C22H24F6N4O2/c1-31-8-3-4-14(11-31)32-9-7-16-18(22(26,27)28)19(29-30-20(16)32)15-6-5-13(21(23,24)25)10-17(15)34-12-33-2/h5-6,10,14H,3-4,7-9,11-12H2,1-2H3/t14-/m1/s1. The van der Waals surface area contributed by atoms with E-state index in [-0.39, 0.29) is 29.4 Å². The van der Waals surface area contributed by atoms with Crippen molar-refractivity contribution in [1.29, 1.82) is 0 Å². The third-order valence-electron chi connectivity index (χ3n) is 6.15. The number of aromatic nitrogens is 2. The molecule has 0 radical (unpaired) electrons. The molecule has 0 spiro atoms. The number of rotatable bonds is 5. The summed E-state index contributed by atoms with van der Waals surface area (Å²) in [6.45, 7) is 1.55. The summed E-state index contributed by atoms with van der Waals surface area (Å²) in [6, 6.07) is 2.30. The lowest BCUT2D eigenvalue weighted by atomic mass is 9.98. The van der Waals surface area contributed by atoms with Crippen LogP contribution >= 0.6 is 0 Å². The number of nitrogens with zero attached hydrogens (tertiary/aromatic N) is 4. The fourth-order valence-corrected chi connectivity index (χ4v) is 4.65. The van der Waals surface area contributed by atoms with E-state index in [1.54, 1.807) is 0 Å². The van der Waals surface area contributed by atoms with Crippen molar-refractivity contribution in [3.63, 3.8) is 0 Å². The third-order valence-corrected chi connectivity index (χ3v) is 6.15. The summed E-state index contributed by atoms with van der Waals surface area (Å²) in [4.78, 5) is 3.99. The first-order valence-electron chi connectivity index (χ1n) is 10.8. The number of benzene rings is 1. The molecule has 1 aromatic carbocycles. The number of fused-ring (bicyclic) bond motifs is 1. The predicted octanol–water partition coefficient (Wildman–Crippen LogP) is 4.62. The monoisotopic (exact) mass is 490 g/mol. The van der Waals surface area contributed by atoms with Crippen LogP contribution in [0.5, 0.6) is 5.75 Å². The van der Waals surface area contributed by atoms with Gasteiger partial charge in [-0.05, 0) is 51.1 Å². The van der Waals surface area contributed by atoms with E-state index < -0.39 is 41.7 Å². The number of hydrogen-bond acceptors (Lipinski definition) is 6. The fourth-order valence-electron chi connectivity index (χ4n) is 4.65. The van der Waals surface area contributed by atoms with Gasteiger partial charge in [-0.3, -0.25) is 0 Å². The Morgan fingerprint density at radius 1 is 1.06 bits per heavy atom. The Kier molecular flexibility index (Phi) is 6.65. The van der Waals surface area contributed by atoms with Gasteiger partial charge in [0.05, 0.1) is 11.1 Å². The third kappa shape index (κ3) is 4.78. The molecule has 4 rings (SSSR count). The molecule has 1 saturated heterocycles. The smallest absolute Gasteiger partial charge is 0.418 e. The van der Waals surface area contributed by atoms with Crippen molar-refractivity contribution in [2.75, 3.05) is 45.5 Å². The van der Waals surface area contributed by atoms with Crippen LogP contribution in [-0.2, 0) is 23.5 Å². The van der Waals surface area contributed by atoms with Crippen LogP contribution in [0, 0.1) is 0 Å². The van der Waals surface area contributed by atoms with E-state index in [1.165, 1.54) is 7.11 Å². The van der Waals surface area contributed by atoms with Crippen LogP contribution in [0.15, 0.2) is 18.2 Å². The van der Waals surface area contributed by atoms with Gasteiger partial charge in [0, 0.05) is 37.4 Å². The molecule has 0 aliphatic carbocycles. The summed E-state index contributed by atoms with van der Waals surface area (Å²) in [5, 5.41) is 8.02. The van der Waals surface area contributed by atoms with Crippen molar-refractivity contribution in [3.8, 4) is 17.0 Å². The molecule has 0 amide bonds. The quantitative estimate of drug-likeness (QED) is 0.451. The number of likely N-dealkylation sites (tertiary alicyclic amines) is 1. The van der Waals surface area contributed by atoms with Crippen molar-refractivity contribution in [2.45, 2.75) is 37.7 Å². The molecule has 2 aromatic rings. The molecule has 12 heteroatoms. The van der Waals surface area contributed by atoms with Gasteiger partial charge in [-0.2, -0.15) is 26.3 Å². The van der Waals surface area contributed by atoms with Crippen LogP contribution in [0.2, 0.25) is 0 Å². The summed E-state index contributed by atoms with van der Waals surface area (Å²) >= 11 is 0. The van der Waals surface area contributed by atoms with Crippen molar-refractivity contribution >= 4 is 5.82 Å². The highest BCUT2D eigenvalue weighted by atomic mass is 19.4. The van der Waals surface area contributed by atoms with Gasteiger partial charge >= 0.3 is 12.4 Å². The Morgan fingerprint density at radius 3 is 2.47 bits per heavy atom. The Bertz CT molecular complexity index is 1040. The predicted molar refractivity (Wildman–Crippen MR) is 112 cm³/mol. The molecule has 1 atom stereocenters. The van der Waals surface area contributed by atoms with Gasteiger partial charge in [0.25, 0.3) is 0 Å². The second-order valence-electron chi connectivity index (χ2n) is 8.48. The molecule has 0 unspecified atom stereocenters. The maximum absolute atomic E-state index is 14.3. The number of methoxy groups -OCH3 is 1. The first-order chi connectivity index (χ1) is 16.0. The highest BCUT2D eigenvalue weighted by Gasteiger charge is 2.43. The first kappa shape index (κ1) is 24.5. The van der Waals surface area contributed by atoms with Crippen LogP contribution in [0.3, 0.4) is 0 Å². The zero-order valence-electron chi connectivity index (χ0n) is 18.6. The Hall–Kier alpha value is -2.60. The van der Waals surface area contributed by atoms with Gasteiger partial charge in [0.2, 0.25) is 0 Å². The van der Waals surface area contributed by atoms with Crippen LogP contribution in [0.1, 0.15) is 29.5 Å². The maximum Gasteiger partial charge on any atom is 0.418 e. The summed E-state index contributed by atoms with van der Waals surface area (Å²) in [5.74, 6) is -0.233. The van der Waals surface area contributed by atoms with Crippen LogP contribution < -0.4 is 9.64 Å². The normalized spacial score (nSPS) is 19.4. The molecular formula is C22H24F6N4O2. The lowest BCUT2D eigenvalue weighted by molar-refractivity contribution is -0.138. The molecule has 0 N–H and O–H groups in total. The number of anilines is 1. The number of piperidine rings is 1. The summed E-state index contributed by atoms with van der Waals surface area (Å²) in [7, 11) is 3.21. The molecule has 2 aliphatic rings. The van der Waals surface area contributed by atoms with E-state index in [4.69, 9.17) is 9.47 Å². The van der Waals surface area contributed by atoms with Crippen LogP contribution in [0.25, 0.3) is 11.3 Å². The summed E-state index contributed by atoms with van der Waals surface area (Å²) in [6.07, 6.45) is -7.62. The lowest BCUT2D eigenvalue weighted by Crippen LogP contribution is -2.46. The van der Waals surface area contributed by atoms with E-state index in [2.05, 4.69) is 15.1 Å². The molecule has 1 fully saturated rings. The molecule has 34 heavy (non-hydrogen) atoms. The highest BCUT2D eigenvalue weighted by Crippen LogP contribution is 2.46. The first-order valence-corrected chi connectivity index (χ1v) is 10.8. The van der Waals surface area contributed by atoms with Gasteiger partial charge in [0.15, 0.2) is 12.6 Å². The number of ether oxygens (including phenoxy) is 2. The lowest BCUT2D eigenvalue weighted by Gasteiger charge is -2.36. The zero-order valence-corrected chi connectivity index (χ0v) is 18.6. The van der Waals surface area contributed by atoms with Gasteiger partial charge in [-0.1, -0.05) is 0 Å². The van der Waals surface area contributed by atoms with Gasteiger partial charge in [0.1, 0.15) is 11.4 Å². The highest BCUT2D eigenvalue weighted by molar-refractivity contribution is 5.75. The zero-order chi connectivity index (χ0) is 24.7. The fraction of sp³-hybridized carbons (Fsp3) is 0.545. The van der Waals surface area contributed by atoms with E-state index in [1.807, 2.05) is 11.9 Å². The average molecular weight is 490 g/mol. The number of halogens is 6. The number of hydrogen-bond donors (Lipinski definition) is 0. The SMILES string of the molecule is COCOc1cc(C(F)(F)F)ccc1-c1nnc2c(c1C(F)(F)F)CCN2[C@@H]1CCCN(C)C1. The molecule has 0 bridgehead atoms. The second kappa shape index (κ2) is 9.21. The minimum atomic E-state index is -4.80. The van der Waals surface area contributed by atoms with Crippen molar-refractivity contribution < 1.29 is 35.8 Å². The topological polar surface area (TPSA) is 50.7 Å². The summed E-state index contributed by atoms with van der Waals surface area (Å²) < 4.78 is 92.6. The van der Waals surface area contributed by atoms with Gasteiger partial charge in [-0.15, -0.1) is 10.2 Å². The molecule has 3 heterocycles. The van der Waals surface area contributed by atoms with E-state index >= 15 is 0 Å². The maximum atomic E-state index is 14.3. The van der Waals surface area contributed by atoms with E-state index in [0.717, 1.165) is 25.5 Å². The largest absolute Gasteiger partial charge is 0.467 e. The summed E-state index contributed by atoms with van der Waals surface area (Å²) in [5.41, 5.74) is -2.84. The minimum absolute atomic E-state index is 0.00307. The Morgan fingerprint density at radius 2 is 1.82 bits per heavy atom. The van der Waals surface area contributed by atoms with Crippen molar-refractivity contribution in [2.24, 2.45) is 0 Å². The molecule has 6 nitrogen and oxygen atoms in total. The molecule has 186 valence electrons. The van der Waals surface area contributed by atoms with E-state index in [0.29, 0.717) is 25.2 Å². The number of likely N-dealkylation sites (N-methyl/N-ethyl adjacent to an activating group) is 1. The van der Waals surface area contributed by atoms with Crippen LogP contribution in [-0.4, -0.2) is 61.7 Å². The molecular weight excluding hydrogens is 466 g/mol. The minimum Gasteiger partial charge on any atom is -0.467 e. The Balaban J connectivity index is 1.82. The Labute approximate surface area is 192 Å². The molecule has 1 aromatic heterocycles. The molecule has 0 saturated carbocycles. The van der Waals surface area contributed by atoms with Gasteiger partial charge in [-0.25, -0.2) is 0 Å².